The summed E-state index contributed by atoms with van der Waals surface area (Å²) in [5, 5.41) is 3.53. The predicted octanol–water partition coefficient (Wildman–Crippen LogP) is 2.28. The molecule has 0 aliphatic carbocycles. The van der Waals surface area contributed by atoms with Crippen molar-refractivity contribution >= 4 is 0 Å². The number of fused-ring (bicyclic) bond motifs is 1. The highest BCUT2D eigenvalue weighted by Gasteiger charge is 2.16. The fourth-order valence-electron chi connectivity index (χ4n) is 3.02. The lowest BCUT2D eigenvalue weighted by molar-refractivity contribution is 0.169. The van der Waals surface area contributed by atoms with Crippen LogP contribution in [0.2, 0.25) is 0 Å². The van der Waals surface area contributed by atoms with E-state index in [9.17, 15) is 0 Å². The van der Waals surface area contributed by atoms with Crippen LogP contribution in [-0.2, 0) is 6.54 Å². The standard InChI is InChI=1S/C17H26N2O2/c1-14-5-8-19(9-6-14)10-7-18-13-15-3-2-4-16-17(15)21-12-11-20-16/h2-4,14,18H,5-13H2,1H3. The summed E-state index contributed by atoms with van der Waals surface area (Å²) >= 11 is 0. The maximum atomic E-state index is 5.74. The molecule has 3 rings (SSSR count). The number of piperidine rings is 1. The van der Waals surface area contributed by atoms with Crippen molar-refractivity contribution in [3.63, 3.8) is 0 Å². The summed E-state index contributed by atoms with van der Waals surface area (Å²) < 4.78 is 11.4. The van der Waals surface area contributed by atoms with E-state index in [1.165, 1.54) is 31.5 Å². The molecule has 2 heterocycles. The van der Waals surface area contributed by atoms with Gasteiger partial charge in [0.2, 0.25) is 0 Å². The van der Waals surface area contributed by atoms with Crippen molar-refractivity contribution in [2.75, 3.05) is 39.4 Å². The minimum atomic E-state index is 0.649. The van der Waals surface area contributed by atoms with Gasteiger partial charge in [0.15, 0.2) is 11.5 Å². The zero-order valence-corrected chi connectivity index (χ0v) is 12.9. The van der Waals surface area contributed by atoms with E-state index in [2.05, 4.69) is 23.2 Å². The van der Waals surface area contributed by atoms with Crippen LogP contribution in [0, 0.1) is 5.92 Å². The second-order valence-corrected chi connectivity index (χ2v) is 6.14. The van der Waals surface area contributed by atoms with Crippen LogP contribution in [0.15, 0.2) is 18.2 Å². The summed E-state index contributed by atoms with van der Waals surface area (Å²) in [4.78, 5) is 2.56. The number of benzene rings is 1. The Balaban J connectivity index is 1.43. The molecule has 116 valence electrons. The van der Waals surface area contributed by atoms with Crippen LogP contribution in [-0.4, -0.2) is 44.3 Å². The highest BCUT2D eigenvalue weighted by atomic mass is 16.6. The lowest BCUT2D eigenvalue weighted by Crippen LogP contribution is -2.37. The van der Waals surface area contributed by atoms with Crippen LogP contribution in [0.25, 0.3) is 0 Å². The number of ether oxygens (including phenoxy) is 2. The number of para-hydroxylation sites is 1. The zero-order chi connectivity index (χ0) is 14.5. The van der Waals surface area contributed by atoms with Crippen molar-refractivity contribution in [1.29, 1.82) is 0 Å². The van der Waals surface area contributed by atoms with Gasteiger partial charge in [-0.2, -0.15) is 0 Å². The van der Waals surface area contributed by atoms with Crippen LogP contribution in [0.4, 0.5) is 0 Å². The first-order valence-corrected chi connectivity index (χ1v) is 8.13. The molecular weight excluding hydrogens is 264 g/mol. The number of nitrogens with one attached hydrogen (secondary N) is 1. The highest BCUT2D eigenvalue weighted by Crippen LogP contribution is 2.33. The molecular formula is C17H26N2O2. The minimum absolute atomic E-state index is 0.649. The average molecular weight is 290 g/mol. The van der Waals surface area contributed by atoms with Crippen molar-refractivity contribution in [3.8, 4) is 11.5 Å². The van der Waals surface area contributed by atoms with Crippen molar-refractivity contribution in [3.05, 3.63) is 23.8 Å². The summed E-state index contributed by atoms with van der Waals surface area (Å²) in [6.45, 7) is 9.17. The SMILES string of the molecule is CC1CCN(CCNCc2cccc3c2OCCO3)CC1. The molecule has 1 aromatic rings. The fraction of sp³-hybridized carbons (Fsp3) is 0.647. The van der Waals surface area contributed by atoms with Gasteiger partial charge >= 0.3 is 0 Å². The van der Waals surface area contributed by atoms with Gasteiger partial charge in [-0.15, -0.1) is 0 Å². The third-order valence-electron chi connectivity index (χ3n) is 4.44. The topological polar surface area (TPSA) is 33.7 Å². The normalized spacial score (nSPS) is 19.7. The number of rotatable bonds is 5. The van der Waals surface area contributed by atoms with Crippen LogP contribution in [0.1, 0.15) is 25.3 Å². The molecule has 21 heavy (non-hydrogen) atoms. The Kier molecular flexibility index (Phi) is 4.99. The Morgan fingerprint density at radius 2 is 2.00 bits per heavy atom. The summed E-state index contributed by atoms with van der Waals surface area (Å²) in [5.74, 6) is 2.70. The molecule has 0 unspecified atom stereocenters. The quantitative estimate of drug-likeness (QED) is 0.844. The van der Waals surface area contributed by atoms with E-state index in [1.807, 2.05) is 12.1 Å². The maximum absolute atomic E-state index is 5.74. The van der Waals surface area contributed by atoms with Crippen molar-refractivity contribution in [2.24, 2.45) is 5.92 Å². The average Bonchev–Trinajstić information content (AvgIpc) is 2.53. The molecule has 0 aromatic heterocycles. The minimum Gasteiger partial charge on any atom is -0.486 e. The molecule has 0 bridgehead atoms. The first-order chi connectivity index (χ1) is 10.3. The van der Waals surface area contributed by atoms with E-state index in [1.54, 1.807) is 0 Å². The van der Waals surface area contributed by atoms with Crippen LogP contribution in [0.5, 0.6) is 11.5 Å². The van der Waals surface area contributed by atoms with Crippen molar-refractivity contribution < 1.29 is 9.47 Å². The Hall–Kier alpha value is -1.26. The van der Waals surface area contributed by atoms with Crippen molar-refractivity contribution in [1.82, 2.24) is 10.2 Å². The summed E-state index contributed by atoms with van der Waals surface area (Å²) in [6, 6.07) is 6.13. The monoisotopic (exact) mass is 290 g/mol. The van der Waals surface area contributed by atoms with Gasteiger partial charge in [0.25, 0.3) is 0 Å². The molecule has 4 nitrogen and oxygen atoms in total. The Labute approximate surface area is 127 Å². The van der Waals surface area contributed by atoms with Crippen LogP contribution in [0.3, 0.4) is 0 Å². The summed E-state index contributed by atoms with van der Waals surface area (Å²) in [5.41, 5.74) is 1.19. The van der Waals surface area contributed by atoms with E-state index < -0.39 is 0 Å². The second-order valence-electron chi connectivity index (χ2n) is 6.14. The lowest BCUT2D eigenvalue weighted by Gasteiger charge is -2.30. The third kappa shape index (κ3) is 3.89. The molecule has 0 spiro atoms. The van der Waals surface area contributed by atoms with Gasteiger partial charge in [0.1, 0.15) is 13.2 Å². The molecule has 4 heteroatoms. The molecule has 1 fully saturated rings. The van der Waals surface area contributed by atoms with E-state index in [-0.39, 0.29) is 0 Å². The first-order valence-electron chi connectivity index (χ1n) is 8.13. The van der Waals surface area contributed by atoms with Gasteiger partial charge in [0.05, 0.1) is 0 Å². The van der Waals surface area contributed by atoms with Gasteiger partial charge in [-0.05, 0) is 37.9 Å². The molecule has 2 aliphatic rings. The molecule has 0 amide bonds. The number of hydrogen-bond donors (Lipinski definition) is 1. The van der Waals surface area contributed by atoms with Crippen LogP contribution >= 0.6 is 0 Å². The van der Waals surface area contributed by atoms with Gasteiger partial charge in [-0.1, -0.05) is 19.1 Å². The summed E-state index contributed by atoms with van der Waals surface area (Å²) in [7, 11) is 0. The molecule has 1 saturated heterocycles. The third-order valence-corrected chi connectivity index (χ3v) is 4.44. The van der Waals surface area contributed by atoms with Crippen LogP contribution < -0.4 is 14.8 Å². The molecule has 0 radical (unpaired) electrons. The smallest absolute Gasteiger partial charge is 0.165 e. The summed E-state index contributed by atoms with van der Waals surface area (Å²) in [6.07, 6.45) is 2.69. The molecule has 2 aliphatic heterocycles. The molecule has 1 N–H and O–H groups in total. The van der Waals surface area contributed by atoms with Crippen molar-refractivity contribution in [2.45, 2.75) is 26.3 Å². The molecule has 0 atom stereocenters. The Bertz CT molecular complexity index is 456. The van der Waals surface area contributed by atoms with E-state index in [0.717, 1.165) is 37.1 Å². The van der Waals surface area contributed by atoms with E-state index in [4.69, 9.17) is 9.47 Å². The van der Waals surface area contributed by atoms with E-state index >= 15 is 0 Å². The van der Waals surface area contributed by atoms with Gasteiger partial charge in [-0.3, -0.25) is 0 Å². The number of nitrogens with zero attached hydrogens (tertiary/aromatic N) is 1. The molecule has 1 aromatic carbocycles. The second kappa shape index (κ2) is 7.14. The lowest BCUT2D eigenvalue weighted by atomic mass is 9.99. The maximum Gasteiger partial charge on any atom is 0.165 e. The zero-order valence-electron chi connectivity index (χ0n) is 12.9. The first kappa shape index (κ1) is 14.7. The number of hydrogen-bond acceptors (Lipinski definition) is 4. The fourth-order valence-corrected chi connectivity index (χ4v) is 3.02. The number of likely N-dealkylation sites (tertiary alicyclic amines) is 1. The Morgan fingerprint density at radius 1 is 1.19 bits per heavy atom. The van der Waals surface area contributed by atoms with Gasteiger partial charge in [0, 0.05) is 25.2 Å². The Morgan fingerprint density at radius 3 is 2.86 bits per heavy atom. The van der Waals surface area contributed by atoms with E-state index in [0.29, 0.717) is 13.2 Å². The highest BCUT2D eigenvalue weighted by molar-refractivity contribution is 5.47. The van der Waals surface area contributed by atoms with Gasteiger partial charge < -0.3 is 19.7 Å². The van der Waals surface area contributed by atoms with Gasteiger partial charge in [-0.25, -0.2) is 0 Å². The molecule has 0 saturated carbocycles. The largest absolute Gasteiger partial charge is 0.486 e. The predicted molar refractivity (Wildman–Crippen MR) is 84.0 cm³/mol.